The number of nitrogens with one attached hydrogen (secondary N) is 6. The first-order valence-corrected chi connectivity index (χ1v) is 33.8. The predicted octanol–water partition coefficient (Wildman–Crippen LogP) is 5.37. The minimum absolute atomic E-state index is 0.0206. The highest BCUT2D eigenvalue weighted by Crippen LogP contribution is 2.40. The highest BCUT2D eigenvalue weighted by atomic mass is 32.1. The molecule has 500 valence electrons. The van der Waals surface area contributed by atoms with E-state index in [1.807, 2.05) is 70.5 Å². The number of thiazole rings is 1. The van der Waals surface area contributed by atoms with E-state index in [1.165, 1.54) is 23.4 Å². The van der Waals surface area contributed by atoms with E-state index in [0.717, 1.165) is 92.5 Å². The van der Waals surface area contributed by atoms with Crippen LogP contribution < -0.4 is 41.7 Å². The first-order chi connectivity index (χ1) is 43.8. The molecule has 6 amide bonds. The number of anilines is 3. The Balaban J connectivity index is 0.586. The molecule has 0 radical (unpaired) electrons. The third kappa shape index (κ3) is 17.3. The van der Waals surface area contributed by atoms with Gasteiger partial charge < -0.3 is 56.6 Å². The number of aromatic nitrogens is 3. The van der Waals surface area contributed by atoms with Gasteiger partial charge >= 0.3 is 0 Å². The number of β-amino-alcohol motifs (C(OH)–C–C–N with tert-alkyl or cyclic N) is 1. The summed E-state index contributed by atoms with van der Waals surface area (Å²) in [5, 5.41) is 29.2. The number of aryl methyl sites for hydroxylation is 1. The minimum Gasteiger partial charge on any atom is -0.391 e. The molecule has 6 saturated heterocycles. The number of piperazine rings is 1. The molecule has 2 spiro atoms. The second kappa shape index (κ2) is 29.2. The Morgan fingerprint density at radius 1 is 0.783 bits per heavy atom. The maximum Gasteiger partial charge on any atom is 0.246 e. The van der Waals surface area contributed by atoms with Gasteiger partial charge in [0.25, 0.3) is 0 Å². The zero-order valence-electron chi connectivity index (χ0n) is 54.7. The summed E-state index contributed by atoms with van der Waals surface area (Å²) < 4.78 is 31.3. The largest absolute Gasteiger partial charge is 0.391 e. The molecule has 6 fully saturated rings. The second-order valence-corrected chi connectivity index (χ2v) is 29.5. The van der Waals surface area contributed by atoms with Gasteiger partial charge in [-0.05, 0) is 118 Å². The number of halogens is 2. The van der Waals surface area contributed by atoms with E-state index in [4.69, 9.17) is 0 Å². The van der Waals surface area contributed by atoms with Gasteiger partial charge in [0.15, 0.2) is 0 Å². The average Bonchev–Trinajstić information content (AvgIpc) is 0.856. The molecule has 0 saturated carbocycles. The molecule has 8 heterocycles. The standard InChI is InChI=1S/C67H95F2N15O7S/c1-44(46-9-11-47(12-10-46)60-45(2)75-43-92-60)76-62(90)53-32-49(85)36-84(53)63(91)61(64(3,4)5)77-57(87)14-13-56(86)72-23-30-80-26-17-66(39-80)18-27-81(40-66)37-58(88)71-22-8-21-70-54-34-55(74-42-73-54)82-28-19-67(20-29-82)41-83(38-59(89)78-67)52-33-50(68)48(31-51(52)69)35-79-24-15-65(6,7)16-25-79/h9-12,31,33-34,42-44,49,53,61,85H,8,13-30,32,35-41H2,1-7H3,(H,71,88)(H,72,86)(H,76,90)(H,77,87)(H,78,89)(H,70,73,74)/t44-,49+,53-,61+,66+/m0/s1. The van der Waals surface area contributed by atoms with Crippen LogP contribution in [0.1, 0.15) is 129 Å². The highest BCUT2D eigenvalue weighted by molar-refractivity contribution is 7.13. The number of aliphatic hydroxyl groups is 1. The third-order valence-corrected chi connectivity index (χ3v) is 20.7. The van der Waals surface area contributed by atoms with E-state index in [9.17, 15) is 33.9 Å². The second-order valence-electron chi connectivity index (χ2n) is 28.6. The molecule has 4 aromatic rings. The van der Waals surface area contributed by atoms with Crippen molar-refractivity contribution in [2.75, 3.05) is 120 Å². The van der Waals surface area contributed by atoms with Crippen molar-refractivity contribution in [3.8, 4) is 10.4 Å². The lowest BCUT2D eigenvalue weighted by atomic mass is 9.82. The average molecular weight is 1290 g/mol. The number of hydrogen-bond donors (Lipinski definition) is 7. The molecule has 0 bridgehead atoms. The van der Waals surface area contributed by atoms with Crippen LogP contribution in [0.3, 0.4) is 0 Å². The summed E-state index contributed by atoms with van der Waals surface area (Å²) in [5.74, 6) is -1.39. The fourth-order valence-corrected chi connectivity index (χ4v) is 14.9. The van der Waals surface area contributed by atoms with Gasteiger partial charge in [0.1, 0.15) is 41.7 Å². The SMILES string of the molecule is Cc1ncsc1-c1ccc([C@H](C)NC(=O)[C@@H]2C[C@@H](O)CN2C(=O)[C@@H](NC(=O)CCC(=O)NCCN2CC[C@@]3(CCN(CC(=O)NCCCNc4cc(N5CCC6(CC5)CN(c5cc(F)c(CN7CCC(C)(C)CC7)cc5F)CC(=O)N6)ncn4)C3)C2)C(C)(C)C)cc1. The number of benzene rings is 2. The van der Waals surface area contributed by atoms with Gasteiger partial charge in [0, 0.05) is 109 Å². The van der Waals surface area contributed by atoms with Gasteiger partial charge in [-0.2, -0.15) is 0 Å². The summed E-state index contributed by atoms with van der Waals surface area (Å²) in [6.45, 7) is 23.2. The number of carbonyl (C=O) groups is 6. The number of aliphatic hydroxyl groups excluding tert-OH is 1. The van der Waals surface area contributed by atoms with Gasteiger partial charge in [-0.1, -0.05) is 58.9 Å². The van der Waals surface area contributed by atoms with Crippen molar-refractivity contribution < 1.29 is 42.7 Å². The Morgan fingerprint density at radius 2 is 1.48 bits per heavy atom. The number of amides is 6. The predicted molar refractivity (Wildman–Crippen MR) is 350 cm³/mol. The third-order valence-electron chi connectivity index (χ3n) is 19.8. The van der Waals surface area contributed by atoms with Crippen LogP contribution in [0.5, 0.6) is 0 Å². The summed E-state index contributed by atoms with van der Waals surface area (Å²) in [4.78, 5) is 107. The molecule has 2 aromatic carbocycles. The van der Waals surface area contributed by atoms with Crippen LogP contribution in [0, 0.1) is 34.8 Å². The molecular formula is C67H95F2N15O7S. The van der Waals surface area contributed by atoms with Gasteiger partial charge in [0.2, 0.25) is 35.4 Å². The van der Waals surface area contributed by atoms with Gasteiger partial charge in [-0.15, -0.1) is 11.3 Å². The molecule has 6 aliphatic heterocycles. The van der Waals surface area contributed by atoms with Gasteiger partial charge in [0.05, 0.1) is 52.5 Å². The zero-order valence-corrected chi connectivity index (χ0v) is 55.5. The van der Waals surface area contributed by atoms with Crippen molar-refractivity contribution in [2.45, 2.75) is 149 Å². The summed E-state index contributed by atoms with van der Waals surface area (Å²) in [6.07, 6.45) is 6.38. The number of nitrogens with zero attached hydrogens (tertiary/aromatic N) is 9. The Bertz CT molecular complexity index is 3270. The van der Waals surface area contributed by atoms with E-state index < -0.39 is 58.5 Å². The zero-order chi connectivity index (χ0) is 65.5. The van der Waals surface area contributed by atoms with Crippen LogP contribution in [0.25, 0.3) is 10.4 Å². The van der Waals surface area contributed by atoms with Crippen molar-refractivity contribution in [3.05, 3.63) is 82.8 Å². The molecule has 25 heteroatoms. The summed E-state index contributed by atoms with van der Waals surface area (Å²) in [5.41, 5.74) is 4.12. The van der Waals surface area contributed by atoms with Crippen LogP contribution >= 0.6 is 11.3 Å². The topological polar surface area (TPSA) is 253 Å². The molecule has 2 aromatic heterocycles. The lowest BCUT2D eigenvalue weighted by Gasteiger charge is -2.48. The van der Waals surface area contributed by atoms with Gasteiger partial charge in [-0.25, -0.2) is 23.7 Å². The Kier molecular flexibility index (Phi) is 21.5. The van der Waals surface area contributed by atoms with E-state index in [1.54, 1.807) is 16.2 Å². The van der Waals surface area contributed by atoms with Crippen molar-refractivity contribution in [1.82, 2.24) is 61.1 Å². The van der Waals surface area contributed by atoms with E-state index >= 15 is 8.78 Å². The Morgan fingerprint density at radius 3 is 2.20 bits per heavy atom. The van der Waals surface area contributed by atoms with Crippen LogP contribution in [-0.2, 0) is 35.3 Å². The first kappa shape index (κ1) is 67.9. The lowest BCUT2D eigenvalue weighted by Crippen LogP contribution is -2.66. The Hall–Kier alpha value is -6.93. The fourth-order valence-electron chi connectivity index (χ4n) is 14.1. The lowest BCUT2D eigenvalue weighted by molar-refractivity contribution is -0.144. The first-order valence-electron chi connectivity index (χ1n) is 33.0. The molecule has 7 N–H and O–H groups in total. The quantitative estimate of drug-likeness (QED) is 0.0461. The van der Waals surface area contributed by atoms with Crippen molar-refractivity contribution in [1.29, 1.82) is 0 Å². The van der Waals surface area contributed by atoms with Crippen LogP contribution in [0.4, 0.5) is 26.1 Å². The smallest absolute Gasteiger partial charge is 0.246 e. The number of carbonyl (C=O) groups excluding carboxylic acids is 6. The number of rotatable bonds is 23. The summed E-state index contributed by atoms with van der Waals surface area (Å²) in [7, 11) is 0. The van der Waals surface area contributed by atoms with Gasteiger partial charge in [-0.3, -0.25) is 38.6 Å². The molecule has 5 atom stereocenters. The van der Waals surface area contributed by atoms with Crippen molar-refractivity contribution >= 4 is 64.1 Å². The molecule has 6 aliphatic rings. The molecule has 22 nitrogen and oxygen atoms in total. The molecule has 0 unspecified atom stereocenters. The molecular weight excluding hydrogens is 1200 g/mol. The maximum absolute atomic E-state index is 15.8. The molecule has 10 rings (SSSR count). The van der Waals surface area contributed by atoms with E-state index in [-0.39, 0.29) is 72.6 Å². The van der Waals surface area contributed by atoms with Crippen molar-refractivity contribution in [2.24, 2.45) is 16.2 Å². The van der Waals surface area contributed by atoms with Crippen molar-refractivity contribution in [3.63, 3.8) is 0 Å². The normalized spacial score (nSPS) is 22.5. The molecule has 92 heavy (non-hydrogen) atoms. The van der Waals surface area contributed by atoms with E-state index in [2.05, 4.69) is 80.3 Å². The summed E-state index contributed by atoms with van der Waals surface area (Å²) in [6, 6.07) is 10.0. The summed E-state index contributed by atoms with van der Waals surface area (Å²) >= 11 is 1.57. The van der Waals surface area contributed by atoms with Crippen LogP contribution in [0.15, 0.2) is 54.3 Å². The van der Waals surface area contributed by atoms with Crippen LogP contribution in [-0.4, -0.2) is 204 Å². The Labute approximate surface area is 543 Å². The minimum atomic E-state index is -1.01. The highest BCUT2D eigenvalue weighted by Gasteiger charge is 2.47. The number of piperidine rings is 2. The number of hydrogen-bond acceptors (Lipinski definition) is 17. The van der Waals surface area contributed by atoms with Crippen LogP contribution in [0.2, 0.25) is 0 Å². The fraction of sp³-hybridized carbons (Fsp3) is 0.627. The maximum atomic E-state index is 15.8. The van der Waals surface area contributed by atoms with E-state index in [0.29, 0.717) is 89.5 Å². The molecule has 0 aliphatic carbocycles. The number of likely N-dealkylation sites (tertiary alicyclic amines) is 4. The monoisotopic (exact) mass is 1290 g/mol.